The molecule has 3 nitrogen and oxygen atoms in total. The van der Waals surface area contributed by atoms with Gasteiger partial charge in [0.15, 0.2) is 0 Å². The maximum Gasteiger partial charge on any atom is 0.236 e. The molecule has 0 bridgehead atoms. The van der Waals surface area contributed by atoms with Crippen LogP contribution < -0.4 is 11.1 Å². The number of hydrogen-bond acceptors (Lipinski definition) is 2. The maximum absolute atomic E-state index is 11.3. The van der Waals surface area contributed by atoms with Gasteiger partial charge < -0.3 is 11.1 Å². The molecular weight excluding hydrogens is 176 g/mol. The third-order valence-corrected chi connectivity index (χ3v) is 2.27. The second kappa shape index (κ2) is 9.00. The molecule has 0 unspecified atom stereocenters. The minimum absolute atomic E-state index is 0.00310. The van der Waals surface area contributed by atoms with Gasteiger partial charge in [0.25, 0.3) is 0 Å². The molecule has 3 N–H and O–H groups in total. The Labute approximate surface area is 87.4 Å². The summed E-state index contributed by atoms with van der Waals surface area (Å²) >= 11 is 0. The van der Waals surface area contributed by atoms with Crippen LogP contribution in [-0.4, -0.2) is 18.5 Å². The quantitative estimate of drug-likeness (QED) is 0.587. The van der Waals surface area contributed by atoms with E-state index in [1.165, 1.54) is 19.3 Å². The molecule has 1 atom stereocenters. The van der Waals surface area contributed by atoms with E-state index >= 15 is 0 Å². The van der Waals surface area contributed by atoms with Crippen molar-refractivity contribution in [2.45, 2.75) is 58.4 Å². The molecule has 0 fully saturated rings. The van der Waals surface area contributed by atoms with E-state index in [0.29, 0.717) is 0 Å². The number of unbranched alkanes of at least 4 members (excludes halogenated alkanes) is 3. The van der Waals surface area contributed by atoms with Gasteiger partial charge in [-0.05, 0) is 12.8 Å². The van der Waals surface area contributed by atoms with Crippen molar-refractivity contribution in [2.75, 3.05) is 6.54 Å². The fourth-order valence-corrected chi connectivity index (χ4v) is 1.34. The van der Waals surface area contributed by atoms with Crippen LogP contribution in [0.2, 0.25) is 0 Å². The van der Waals surface area contributed by atoms with Gasteiger partial charge in [0, 0.05) is 6.54 Å². The van der Waals surface area contributed by atoms with E-state index in [1.54, 1.807) is 0 Å². The Morgan fingerprint density at radius 3 is 2.50 bits per heavy atom. The molecular formula is C11H24N2O. The molecule has 0 aliphatic carbocycles. The summed E-state index contributed by atoms with van der Waals surface area (Å²) in [6, 6.07) is -0.314. The first-order valence-corrected chi connectivity index (χ1v) is 5.75. The molecule has 0 rings (SSSR count). The van der Waals surface area contributed by atoms with Gasteiger partial charge in [-0.25, -0.2) is 0 Å². The minimum Gasteiger partial charge on any atom is -0.355 e. The van der Waals surface area contributed by atoms with Crippen LogP contribution >= 0.6 is 0 Å². The summed E-state index contributed by atoms with van der Waals surface area (Å²) in [5, 5.41) is 2.86. The number of nitrogens with one attached hydrogen (secondary N) is 1. The second-order valence-corrected chi connectivity index (χ2v) is 3.75. The molecule has 0 spiro atoms. The molecule has 0 saturated carbocycles. The zero-order chi connectivity index (χ0) is 10.8. The highest BCUT2D eigenvalue weighted by Gasteiger charge is 2.10. The van der Waals surface area contributed by atoms with Crippen molar-refractivity contribution in [2.24, 2.45) is 5.73 Å². The average molecular weight is 200 g/mol. The van der Waals surface area contributed by atoms with Crippen molar-refractivity contribution in [3.05, 3.63) is 0 Å². The van der Waals surface area contributed by atoms with Crippen LogP contribution in [0.25, 0.3) is 0 Å². The lowest BCUT2D eigenvalue weighted by Gasteiger charge is -2.10. The summed E-state index contributed by atoms with van der Waals surface area (Å²) in [4.78, 5) is 11.3. The van der Waals surface area contributed by atoms with E-state index in [9.17, 15) is 4.79 Å². The van der Waals surface area contributed by atoms with E-state index in [1.807, 2.05) is 6.92 Å². The number of carbonyl (C=O) groups is 1. The van der Waals surface area contributed by atoms with Gasteiger partial charge in [0.1, 0.15) is 0 Å². The third-order valence-electron chi connectivity index (χ3n) is 2.27. The first-order chi connectivity index (χ1) is 6.72. The van der Waals surface area contributed by atoms with Crippen molar-refractivity contribution >= 4 is 5.91 Å². The lowest BCUT2D eigenvalue weighted by atomic mass is 10.1. The largest absolute Gasteiger partial charge is 0.355 e. The Balaban J connectivity index is 3.34. The zero-order valence-electron chi connectivity index (χ0n) is 9.51. The van der Waals surface area contributed by atoms with Gasteiger partial charge in [-0.3, -0.25) is 4.79 Å². The first-order valence-electron chi connectivity index (χ1n) is 5.75. The van der Waals surface area contributed by atoms with E-state index in [0.717, 1.165) is 25.8 Å². The number of nitrogens with two attached hydrogens (primary N) is 1. The van der Waals surface area contributed by atoms with Crippen molar-refractivity contribution in [1.82, 2.24) is 5.32 Å². The van der Waals surface area contributed by atoms with Gasteiger partial charge in [0.2, 0.25) is 5.91 Å². The Bertz CT molecular complexity index is 148. The van der Waals surface area contributed by atoms with Gasteiger partial charge in [-0.2, -0.15) is 0 Å². The SMILES string of the molecule is CCCCCCNC(=O)[C@@H](N)CCC. The molecule has 0 aromatic carbocycles. The van der Waals surface area contributed by atoms with Crippen LogP contribution in [0, 0.1) is 0 Å². The second-order valence-electron chi connectivity index (χ2n) is 3.75. The molecule has 0 aliphatic rings. The number of amides is 1. The average Bonchev–Trinajstić information content (AvgIpc) is 2.17. The smallest absolute Gasteiger partial charge is 0.236 e. The third kappa shape index (κ3) is 6.89. The predicted molar refractivity (Wildman–Crippen MR) is 60.0 cm³/mol. The predicted octanol–water partition coefficient (Wildman–Crippen LogP) is 1.81. The van der Waals surface area contributed by atoms with Crippen molar-refractivity contribution < 1.29 is 4.79 Å². The molecule has 14 heavy (non-hydrogen) atoms. The Morgan fingerprint density at radius 2 is 1.93 bits per heavy atom. The molecule has 0 heterocycles. The standard InChI is InChI=1S/C11H24N2O/c1-3-5-6-7-9-13-11(14)10(12)8-4-2/h10H,3-9,12H2,1-2H3,(H,13,14)/t10-/m0/s1. The highest BCUT2D eigenvalue weighted by atomic mass is 16.2. The lowest BCUT2D eigenvalue weighted by molar-refractivity contribution is -0.122. The first kappa shape index (κ1) is 13.4. The van der Waals surface area contributed by atoms with Crippen LogP contribution in [0.1, 0.15) is 52.4 Å². The highest BCUT2D eigenvalue weighted by molar-refractivity contribution is 5.81. The Hall–Kier alpha value is -0.570. The number of carbonyl (C=O) groups excluding carboxylic acids is 1. The topological polar surface area (TPSA) is 55.1 Å². The van der Waals surface area contributed by atoms with Crippen LogP contribution in [-0.2, 0) is 4.79 Å². The van der Waals surface area contributed by atoms with Crippen LogP contribution in [0.5, 0.6) is 0 Å². The fraction of sp³-hybridized carbons (Fsp3) is 0.909. The molecule has 0 aliphatic heterocycles. The number of hydrogen-bond donors (Lipinski definition) is 2. The zero-order valence-corrected chi connectivity index (χ0v) is 9.51. The normalized spacial score (nSPS) is 12.5. The monoisotopic (exact) mass is 200 g/mol. The Morgan fingerprint density at radius 1 is 1.21 bits per heavy atom. The van der Waals surface area contributed by atoms with Gasteiger partial charge in [0.05, 0.1) is 6.04 Å². The molecule has 1 amide bonds. The van der Waals surface area contributed by atoms with Crippen molar-refractivity contribution in [3.63, 3.8) is 0 Å². The van der Waals surface area contributed by atoms with E-state index in [2.05, 4.69) is 12.2 Å². The van der Waals surface area contributed by atoms with E-state index in [-0.39, 0.29) is 11.9 Å². The molecule has 84 valence electrons. The van der Waals surface area contributed by atoms with Crippen LogP contribution in [0.15, 0.2) is 0 Å². The van der Waals surface area contributed by atoms with Crippen molar-refractivity contribution in [3.8, 4) is 0 Å². The summed E-state index contributed by atoms with van der Waals surface area (Å²) in [5.74, 6) is 0.00310. The summed E-state index contributed by atoms with van der Waals surface area (Å²) in [5.41, 5.74) is 5.66. The minimum atomic E-state index is -0.314. The summed E-state index contributed by atoms with van der Waals surface area (Å²) < 4.78 is 0. The lowest BCUT2D eigenvalue weighted by Crippen LogP contribution is -2.40. The Kier molecular flexibility index (Phi) is 8.64. The summed E-state index contributed by atoms with van der Waals surface area (Å²) in [6.07, 6.45) is 6.48. The van der Waals surface area contributed by atoms with Crippen LogP contribution in [0.3, 0.4) is 0 Å². The summed E-state index contributed by atoms with van der Waals surface area (Å²) in [6.45, 7) is 4.99. The van der Waals surface area contributed by atoms with Gasteiger partial charge >= 0.3 is 0 Å². The molecule has 0 aromatic rings. The molecule has 3 heteroatoms. The van der Waals surface area contributed by atoms with Crippen molar-refractivity contribution in [1.29, 1.82) is 0 Å². The van der Waals surface area contributed by atoms with E-state index in [4.69, 9.17) is 5.73 Å². The highest BCUT2D eigenvalue weighted by Crippen LogP contribution is 1.98. The molecule has 0 aromatic heterocycles. The fourth-order valence-electron chi connectivity index (χ4n) is 1.34. The van der Waals surface area contributed by atoms with Gasteiger partial charge in [-0.15, -0.1) is 0 Å². The molecule has 0 saturated heterocycles. The maximum atomic E-state index is 11.3. The molecule has 0 radical (unpaired) electrons. The van der Waals surface area contributed by atoms with Crippen LogP contribution in [0.4, 0.5) is 0 Å². The number of rotatable bonds is 8. The van der Waals surface area contributed by atoms with Gasteiger partial charge in [-0.1, -0.05) is 39.5 Å². The summed E-state index contributed by atoms with van der Waals surface area (Å²) in [7, 11) is 0. The van der Waals surface area contributed by atoms with E-state index < -0.39 is 0 Å².